The molecule has 13 heteroatoms. The van der Waals surface area contributed by atoms with Gasteiger partial charge in [-0.3, -0.25) is 34.1 Å². The first-order valence-electron chi connectivity index (χ1n) is 19.8. The van der Waals surface area contributed by atoms with Crippen LogP contribution >= 0.6 is 0 Å². The van der Waals surface area contributed by atoms with Crippen LogP contribution in [0.2, 0.25) is 0 Å². The predicted molar refractivity (Wildman–Crippen MR) is 207 cm³/mol. The minimum Gasteiger partial charge on any atom is -0.490 e. The van der Waals surface area contributed by atoms with Crippen molar-refractivity contribution < 1.29 is 28.6 Å². The number of nitrogens with one attached hydrogen (secondary N) is 2. The molecule has 1 unspecified atom stereocenters. The zero-order valence-electron chi connectivity index (χ0n) is 31.6. The fourth-order valence-corrected chi connectivity index (χ4v) is 8.19. The predicted octanol–water partition coefficient (Wildman–Crippen LogP) is 5.43. The first kappa shape index (κ1) is 36.9. The number of nitrogens with zero attached hydrogens (tertiary/aromatic N) is 4. The van der Waals surface area contributed by atoms with Crippen molar-refractivity contribution in [2.45, 2.75) is 102 Å². The van der Waals surface area contributed by atoms with E-state index in [1.807, 2.05) is 44.3 Å². The summed E-state index contributed by atoms with van der Waals surface area (Å²) >= 11 is 0. The maximum atomic E-state index is 13.6. The molecule has 4 fully saturated rings. The van der Waals surface area contributed by atoms with Crippen LogP contribution in [0.1, 0.15) is 93.2 Å². The minimum absolute atomic E-state index is 0.150. The van der Waals surface area contributed by atoms with E-state index in [9.17, 15) is 19.2 Å². The number of imide groups is 1. The molecular formula is C42H50N6O7. The van der Waals surface area contributed by atoms with E-state index in [2.05, 4.69) is 32.3 Å². The largest absolute Gasteiger partial charge is 0.490 e. The number of aromatic nitrogens is 3. The zero-order valence-corrected chi connectivity index (χ0v) is 31.6. The summed E-state index contributed by atoms with van der Waals surface area (Å²) < 4.78 is 21.7. The van der Waals surface area contributed by atoms with Gasteiger partial charge in [-0.1, -0.05) is 12.1 Å². The number of ether oxygens (including phenoxy) is 3. The number of fused-ring (bicyclic) bond motifs is 1. The Bertz CT molecular complexity index is 2100. The summed E-state index contributed by atoms with van der Waals surface area (Å²) in [7, 11) is 0. The summed E-state index contributed by atoms with van der Waals surface area (Å²) in [5.74, 6) is 0.633. The van der Waals surface area contributed by atoms with Crippen LogP contribution in [0.15, 0.2) is 65.7 Å². The highest BCUT2D eigenvalue weighted by molar-refractivity contribution is 6.08. The molecule has 2 N–H and O–H groups in total. The Labute approximate surface area is 320 Å². The molecule has 4 aromatic rings. The Morgan fingerprint density at radius 3 is 2.53 bits per heavy atom. The molecule has 0 spiro atoms. The molecule has 55 heavy (non-hydrogen) atoms. The van der Waals surface area contributed by atoms with Crippen molar-refractivity contribution in [3.8, 4) is 11.5 Å². The Hall–Kier alpha value is -5.01. The zero-order chi connectivity index (χ0) is 38.1. The lowest BCUT2D eigenvalue weighted by molar-refractivity contribution is -0.138. The van der Waals surface area contributed by atoms with Gasteiger partial charge in [-0.2, -0.15) is 5.10 Å². The van der Waals surface area contributed by atoms with Crippen LogP contribution in [-0.2, 0) is 20.7 Å². The summed E-state index contributed by atoms with van der Waals surface area (Å²) in [4.78, 5) is 52.8. The van der Waals surface area contributed by atoms with Crippen molar-refractivity contribution in [2.75, 3.05) is 31.6 Å². The van der Waals surface area contributed by atoms with Crippen LogP contribution in [0.25, 0.3) is 10.9 Å². The summed E-state index contributed by atoms with van der Waals surface area (Å²) in [6.45, 7) is 7.21. The third kappa shape index (κ3) is 8.63. The number of benzene rings is 2. The summed E-state index contributed by atoms with van der Waals surface area (Å²) in [6, 6.07) is 15.8. The minimum atomic E-state index is -0.647. The number of anilines is 1. The molecule has 13 nitrogen and oxygen atoms in total. The van der Waals surface area contributed by atoms with E-state index in [1.54, 1.807) is 22.9 Å². The van der Waals surface area contributed by atoms with E-state index in [-0.39, 0.29) is 59.6 Å². The number of rotatable bonds is 12. The fourth-order valence-electron chi connectivity index (χ4n) is 8.19. The van der Waals surface area contributed by atoms with E-state index in [1.165, 1.54) is 5.56 Å². The molecule has 2 aromatic heterocycles. The molecule has 3 amide bonds. The first-order chi connectivity index (χ1) is 26.7. The molecule has 8 rings (SSSR count). The Kier molecular flexibility index (Phi) is 10.7. The molecule has 4 aliphatic rings. The molecule has 2 aromatic carbocycles. The summed E-state index contributed by atoms with van der Waals surface area (Å²) in [6.07, 6.45) is 10.8. The average molecular weight is 751 g/mol. The number of carbonyl (C=O) groups is 3. The lowest BCUT2D eigenvalue weighted by Crippen LogP contribution is -2.48. The molecule has 2 saturated carbocycles. The molecule has 4 heterocycles. The second-order valence-corrected chi connectivity index (χ2v) is 15.8. The number of amides is 3. The number of piperidine rings is 1. The second kappa shape index (κ2) is 16.0. The Balaban J connectivity index is 0.884. The number of morpholine rings is 1. The van der Waals surface area contributed by atoms with E-state index in [0.29, 0.717) is 36.0 Å². The van der Waals surface area contributed by atoms with Crippen LogP contribution in [0, 0.1) is 5.92 Å². The standard InChI is InChI=1S/C42H50N6O7/c1-26(2)54-38-22-36-29(21-34(38)40(50)43-35-4-3-17-47(42(35)52)30-11-12-30)24-48(45-36)31-9-5-28(6-10-31)23-46-18-19-53-25-32(46)20-27-7-13-33(14-8-27)55-37-15-16-39(49)44-41(37)51/h3-4,7-8,13-14,17,21-22,24,26,28,30-32,37H,5-6,9-12,15-16,18-20,23,25H2,1-2H3,(H,43,50)(H,44,49,51)/t28-,31-,32-,37?/m1/s1. The molecule has 0 radical (unpaired) electrons. The number of hydrogen-bond acceptors (Lipinski definition) is 9. The summed E-state index contributed by atoms with van der Waals surface area (Å²) in [5, 5.41) is 11.0. The molecule has 2 aliphatic heterocycles. The van der Waals surface area contributed by atoms with Gasteiger partial charge < -0.3 is 24.1 Å². The number of carbonyl (C=O) groups excluding carboxylic acids is 3. The van der Waals surface area contributed by atoms with E-state index >= 15 is 0 Å². The summed E-state index contributed by atoms with van der Waals surface area (Å²) in [5.41, 5.74) is 2.41. The Morgan fingerprint density at radius 2 is 1.78 bits per heavy atom. The molecule has 2 saturated heterocycles. The normalized spacial score (nSPS) is 23.5. The third-order valence-corrected chi connectivity index (χ3v) is 11.3. The number of hydrogen-bond donors (Lipinski definition) is 2. The van der Waals surface area contributed by atoms with Gasteiger partial charge in [-0.25, -0.2) is 0 Å². The second-order valence-electron chi connectivity index (χ2n) is 15.8. The van der Waals surface area contributed by atoms with Crippen molar-refractivity contribution in [3.05, 3.63) is 82.4 Å². The highest BCUT2D eigenvalue weighted by atomic mass is 16.5. The number of pyridine rings is 1. The lowest BCUT2D eigenvalue weighted by Gasteiger charge is -2.39. The van der Waals surface area contributed by atoms with Gasteiger partial charge in [0.05, 0.1) is 36.4 Å². The topological polar surface area (TPSA) is 146 Å². The van der Waals surface area contributed by atoms with Gasteiger partial charge in [0.15, 0.2) is 6.10 Å². The van der Waals surface area contributed by atoms with E-state index in [0.717, 1.165) is 75.5 Å². The van der Waals surface area contributed by atoms with E-state index < -0.39 is 6.10 Å². The quantitative estimate of drug-likeness (QED) is 0.181. The van der Waals surface area contributed by atoms with Gasteiger partial charge in [0.1, 0.15) is 17.2 Å². The van der Waals surface area contributed by atoms with Gasteiger partial charge >= 0.3 is 0 Å². The smallest absolute Gasteiger partial charge is 0.274 e. The molecule has 2 aliphatic carbocycles. The van der Waals surface area contributed by atoms with Gasteiger partial charge in [-0.15, -0.1) is 0 Å². The molecule has 2 atom stereocenters. The maximum Gasteiger partial charge on any atom is 0.274 e. The Morgan fingerprint density at radius 1 is 1.00 bits per heavy atom. The van der Waals surface area contributed by atoms with Crippen LogP contribution in [0.5, 0.6) is 11.5 Å². The SMILES string of the molecule is CC(C)Oc1cc2nn([C@H]3CC[C@H](CN4CCOC[C@H]4Cc4ccc(OC5CCC(=O)NC5=O)cc4)CC3)cc2cc1C(=O)Nc1cccn(C2CC2)c1=O. The molecule has 0 bridgehead atoms. The van der Waals surface area contributed by atoms with Crippen LogP contribution in [0.3, 0.4) is 0 Å². The highest BCUT2D eigenvalue weighted by Crippen LogP contribution is 2.36. The van der Waals surface area contributed by atoms with Gasteiger partial charge in [0.2, 0.25) is 5.91 Å². The molecule has 290 valence electrons. The third-order valence-electron chi connectivity index (χ3n) is 11.3. The van der Waals surface area contributed by atoms with Crippen molar-refractivity contribution in [3.63, 3.8) is 0 Å². The van der Waals surface area contributed by atoms with Crippen molar-refractivity contribution >= 4 is 34.3 Å². The monoisotopic (exact) mass is 750 g/mol. The lowest BCUT2D eigenvalue weighted by atomic mass is 9.85. The fraction of sp³-hybridized carbons (Fsp3) is 0.500. The molecular weight excluding hydrogens is 700 g/mol. The van der Waals surface area contributed by atoms with Gasteiger partial charge in [0, 0.05) is 61.9 Å². The maximum absolute atomic E-state index is 13.6. The van der Waals surface area contributed by atoms with E-state index in [4.69, 9.17) is 19.3 Å². The van der Waals surface area contributed by atoms with Crippen molar-refractivity contribution in [2.24, 2.45) is 5.92 Å². The van der Waals surface area contributed by atoms with Crippen LogP contribution in [-0.4, -0.2) is 81.5 Å². The van der Waals surface area contributed by atoms with Crippen LogP contribution < -0.4 is 25.7 Å². The van der Waals surface area contributed by atoms with Gasteiger partial charge in [-0.05, 0) is 101 Å². The van der Waals surface area contributed by atoms with Crippen molar-refractivity contribution in [1.29, 1.82) is 0 Å². The average Bonchev–Trinajstić information content (AvgIpc) is 3.93. The van der Waals surface area contributed by atoms with Crippen LogP contribution in [0.4, 0.5) is 5.69 Å². The van der Waals surface area contributed by atoms with Crippen molar-refractivity contribution in [1.82, 2.24) is 24.6 Å². The highest BCUT2D eigenvalue weighted by Gasteiger charge is 2.31. The first-order valence-corrected chi connectivity index (χ1v) is 19.8. The van der Waals surface area contributed by atoms with Gasteiger partial charge in [0.25, 0.3) is 17.4 Å².